The fourth-order valence-electron chi connectivity index (χ4n) is 2.65. The van der Waals surface area contributed by atoms with Crippen molar-refractivity contribution in [2.75, 3.05) is 0 Å². The Labute approximate surface area is 149 Å². The van der Waals surface area contributed by atoms with Gasteiger partial charge >= 0.3 is 0 Å². The number of alkyl halides is 2. The molecule has 0 amide bonds. The van der Waals surface area contributed by atoms with Crippen LogP contribution in [-0.2, 0) is 11.4 Å². The fourth-order valence-corrected chi connectivity index (χ4v) is 3.78. The number of nitrogens with one attached hydrogen (secondary N) is 1. The average molecular weight is 381 g/mol. The molecule has 1 aliphatic rings. The number of halogens is 3. The van der Waals surface area contributed by atoms with E-state index in [9.17, 15) is 18.4 Å². The lowest BCUT2D eigenvalue weighted by atomic mass is 9.77. The van der Waals surface area contributed by atoms with Gasteiger partial charge in [0.15, 0.2) is 0 Å². The summed E-state index contributed by atoms with van der Waals surface area (Å²) in [6.07, 6.45) is 0.428. The largest absolute Gasteiger partial charge is 0.598 e. The zero-order valence-corrected chi connectivity index (χ0v) is 15.6. The van der Waals surface area contributed by atoms with Crippen LogP contribution < -0.4 is 4.72 Å². The van der Waals surface area contributed by atoms with Gasteiger partial charge in [-0.3, -0.25) is 4.98 Å². The van der Waals surface area contributed by atoms with E-state index in [0.717, 1.165) is 0 Å². The summed E-state index contributed by atoms with van der Waals surface area (Å²) >= 11 is 4.67. The number of nitrogens with zero attached hydrogens (tertiary/aromatic N) is 1. The van der Waals surface area contributed by atoms with Gasteiger partial charge in [-0.05, 0) is 45.7 Å². The summed E-state index contributed by atoms with van der Waals surface area (Å²) in [5, 5.41) is 11.3. The first-order chi connectivity index (χ1) is 10.9. The molecular weight excluding hydrogens is 358 g/mol. The van der Waals surface area contributed by atoms with Gasteiger partial charge in [0.05, 0.1) is 16.3 Å². The zero-order valence-electron chi connectivity index (χ0n) is 14.0. The second-order valence-electron chi connectivity index (χ2n) is 7.26. The van der Waals surface area contributed by atoms with E-state index in [4.69, 9.17) is 11.6 Å². The van der Waals surface area contributed by atoms with Crippen molar-refractivity contribution in [3.8, 4) is 0 Å². The van der Waals surface area contributed by atoms with Gasteiger partial charge in [0.25, 0.3) is 0 Å². The number of rotatable bonds is 4. The Kier molecular flexibility index (Phi) is 5.82. The Morgan fingerprint density at radius 2 is 1.92 bits per heavy atom. The van der Waals surface area contributed by atoms with Crippen molar-refractivity contribution >= 4 is 23.0 Å². The van der Waals surface area contributed by atoms with Gasteiger partial charge in [0.2, 0.25) is 5.92 Å². The van der Waals surface area contributed by atoms with Crippen LogP contribution in [0.15, 0.2) is 18.3 Å². The van der Waals surface area contributed by atoms with Crippen LogP contribution in [-0.4, -0.2) is 30.9 Å². The second-order valence-corrected chi connectivity index (χ2v) is 9.67. The second kappa shape index (κ2) is 7.03. The summed E-state index contributed by atoms with van der Waals surface area (Å²) in [6.45, 7) is 5.35. The van der Waals surface area contributed by atoms with Crippen molar-refractivity contribution in [3.05, 3.63) is 29.0 Å². The molecule has 0 spiro atoms. The zero-order chi connectivity index (χ0) is 18.2. The van der Waals surface area contributed by atoms with Gasteiger partial charge in [0, 0.05) is 30.4 Å². The molecule has 1 aliphatic carbocycles. The predicted octanol–water partition coefficient (Wildman–Crippen LogP) is 3.77. The van der Waals surface area contributed by atoms with Crippen molar-refractivity contribution in [1.29, 1.82) is 0 Å². The first kappa shape index (κ1) is 19.8. The minimum Gasteiger partial charge on any atom is -0.598 e. The minimum atomic E-state index is -2.78. The molecule has 0 aliphatic heterocycles. The molecule has 0 radical (unpaired) electrons. The molecule has 136 valence electrons. The highest BCUT2D eigenvalue weighted by atomic mass is 35.5. The van der Waals surface area contributed by atoms with Gasteiger partial charge in [-0.2, -0.15) is 0 Å². The molecule has 0 bridgehead atoms. The Hall–Kier alpha value is -0.470. The molecule has 2 atom stereocenters. The highest BCUT2D eigenvalue weighted by molar-refractivity contribution is 7.90. The predicted molar refractivity (Wildman–Crippen MR) is 91.4 cm³/mol. The van der Waals surface area contributed by atoms with E-state index in [-0.39, 0.29) is 12.8 Å². The molecule has 0 saturated heterocycles. The molecule has 1 saturated carbocycles. The fraction of sp³-hybridized carbons (Fsp3) is 0.688. The van der Waals surface area contributed by atoms with Gasteiger partial charge < -0.3 is 9.66 Å². The normalized spacial score (nSPS) is 22.8. The molecule has 8 heteroatoms. The minimum absolute atomic E-state index is 0.119. The SMILES string of the molecule is CC(C)(C)[S+]([O-])N[C@@H](c1ncccc1Cl)C1(O)CCC(F)(F)CC1. The maximum Gasteiger partial charge on any atom is 0.248 e. The summed E-state index contributed by atoms with van der Waals surface area (Å²) in [5.41, 5.74) is -1.16. The van der Waals surface area contributed by atoms with Crippen LogP contribution in [0.2, 0.25) is 5.02 Å². The summed E-state index contributed by atoms with van der Waals surface area (Å²) in [6, 6.07) is 2.37. The van der Waals surface area contributed by atoms with E-state index in [1.165, 1.54) is 6.20 Å². The average Bonchev–Trinajstić information content (AvgIpc) is 2.48. The maximum atomic E-state index is 13.5. The molecule has 1 unspecified atom stereocenters. The standard InChI is InChI=1S/C16H23ClF2N2O2S/c1-14(2,3)24(23)21-13(12-11(17)5-4-10-20-12)15(22)6-8-16(18,19)9-7-15/h4-5,10,13,21-22H,6-9H2,1-3H3/t13-,24?/m0/s1. The molecule has 2 N–H and O–H groups in total. The van der Waals surface area contributed by atoms with Crippen LogP contribution in [0.25, 0.3) is 0 Å². The Morgan fingerprint density at radius 1 is 1.33 bits per heavy atom. The molecule has 4 nitrogen and oxygen atoms in total. The van der Waals surface area contributed by atoms with E-state index >= 15 is 0 Å². The third-order valence-corrected chi connectivity index (χ3v) is 6.11. The summed E-state index contributed by atoms with van der Waals surface area (Å²) < 4.78 is 41.9. The summed E-state index contributed by atoms with van der Waals surface area (Å²) in [7, 11) is 0. The first-order valence-electron chi connectivity index (χ1n) is 7.83. The van der Waals surface area contributed by atoms with Gasteiger partial charge in [-0.1, -0.05) is 11.6 Å². The van der Waals surface area contributed by atoms with Crippen molar-refractivity contribution in [2.24, 2.45) is 0 Å². The molecule has 1 fully saturated rings. The summed E-state index contributed by atoms with van der Waals surface area (Å²) in [5.74, 6) is -2.78. The van der Waals surface area contributed by atoms with Crippen molar-refractivity contribution in [1.82, 2.24) is 9.71 Å². The lowest BCUT2D eigenvalue weighted by Crippen LogP contribution is -2.53. The van der Waals surface area contributed by atoms with Gasteiger partial charge in [-0.15, -0.1) is 4.72 Å². The van der Waals surface area contributed by atoms with E-state index in [1.54, 1.807) is 32.9 Å². The van der Waals surface area contributed by atoms with Crippen molar-refractivity contribution in [2.45, 2.75) is 68.8 Å². The molecule has 2 rings (SSSR count). The third-order valence-electron chi connectivity index (χ3n) is 4.23. The lowest BCUT2D eigenvalue weighted by molar-refractivity contribution is -0.115. The Bertz CT molecular complexity index is 573. The molecule has 1 aromatic heterocycles. The number of hydrogen-bond acceptors (Lipinski definition) is 4. The van der Waals surface area contributed by atoms with E-state index in [2.05, 4.69) is 9.71 Å². The number of pyridine rings is 1. The lowest BCUT2D eigenvalue weighted by Gasteiger charge is -2.42. The quantitative estimate of drug-likeness (QED) is 0.780. The van der Waals surface area contributed by atoms with Crippen LogP contribution >= 0.6 is 11.6 Å². The maximum absolute atomic E-state index is 13.5. The molecule has 1 heterocycles. The molecular formula is C16H23ClF2N2O2S. The van der Waals surface area contributed by atoms with E-state index in [0.29, 0.717) is 10.7 Å². The smallest absolute Gasteiger partial charge is 0.248 e. The van der Waals surface area contributed by atoms with Crippen LogP contribution in [0, 0.1) is 0 Å². The number of aliphatic hydroxyl groups is 1. The number of hydrogen-bond donors (Lipinski definition) is 2. The highest BCUT2D eigenvalue weighted by Crippen LogP contribution is 2.45. The number of aromatic nitrogens is 1. The van der Waals surface area contributed by atoms with Crippen LogP contribution in [0.1, 0.15) is 58.2 Å². The molecule has 0 aromatic carbocycles. The monoisotopic (exact) mass is 380 g/mol. The van der Waals surface area contributed by atoms with Gasteiger partial charge in [0.1, 0.15) is 10.8 Å². The van der Waals surface area contributed by atoms with E-state index < -0.39 is 46.5 Å². The van der Waals surface area contributed by atoms with Crippen molar-refractivity contribution < 1.29 is 18.4 Å². The van der Waals surface area contributed by atoms with Crippen LogP contribution in [0.3, 0.4) is 0 Å². The Balaban J connectivity index is 2.35. The molecule has 1 aromatic rings. The first-order valence-corrected chi connectivity index (χ1v) is 9.36. The van der Waals surface area contributed by atoms with Crippen LogP contribution in [0.5, 0.6) is 0 Å². The molecule has 24 heavy (non-hydrogen) atoms. The van der Waals surface area contributed by atoms with Crippen molar-refractivity contribution in [3.63, 3.8) is 0 Å². The van der Waals surface area contributed by atoms with Crippen LogP contribution in [0.4, 0.5) is 8.78 Å². The topological polar surface area (TPSA) is 68.2 Å². The third kappa shape index (κ3) is 4.58. The van der Waals surface area contributed by atoms with Gasteiger partial charge in [-0.25, -0.2) is 8.78 Å². The highest BCUT2D eigenvalue weighted by Gasteiger charge is 2.50. The Morgan fingerprint density at radius 3 is 2.42 bits per heavy atom. The summed E-state index contributed by atoms with van der Waals surface area (Å²) in [4.78, 5) is 4.19. The van der Waals surface area contributed by atoms with E-state index in [1.807, 2.05) is 0 Å².